The standard InChI is InChI=1S/C23H21FN6O2/c24-15-5-6-19-16(10-15)18-4-2-8-30(18)21(26)17-9-14(11-28-20(17)25)23(31)29-22-13(12-32-19)3-1-7-27-22/h1,3,5-7,9-11,18,26H,2,4,8,12H2,(H2,25,28)(H,27,29,31)/t18-/m1/s1. The summed E-state index contributed by atoms with van der Waals surface area (Å²) in [6.45, 7) is 0.736. The monoisotopic (exact) mass is 432 g/mol. The SMILES string of the molecule is N=C1c2cc(cnc2N)C(=O)Nc2ncccc2COc2ccc(F)cc2[C@H]2CCCN12. The number of carbonyl (C=O) groups is 1. The first-order chi connectivity index (χ1) is 15.5. The number of fused-ring (bicyclic) bond motifs is 6. The summed E-state index contributed by atoms with van der Waals surface area (Å²) in [5, 5.41) is 11.6. The normalized spacial score (nSPS) is 18.0. The van der Waals surface area contributed by atoms with Gasteiger partial charge in [-0.25, -0.2) is 14.4 Å². The molecule has 3 aromatic rings. The number of nitrogens with two attached hydrogens (primary N) is 1. The van der Waals surface area contributed by atoms with Crippen LogP contribution in [0.1, 0.15) is 45.9 Å². The maximum atomic E-state index is 14.2. The van der Waals surface area contributed by atoms with E-state index in [0.29, 0.717) is 34.8 Å². The Morgan fingerprint density at radius 2 is 2.12 bits per heavy atom. The average molecular weight is 432 g/mol. The number of anilines is 2. The highest BCUT2D eigenvalue weighted by Gasteiger charge is 2.32. The highest BCUT2D eigenvalue weighted by atomic mass is 19.1. The topological polar surface area (TPSA) is 117 Å². The van der Waals surface area contributed by atoms with Crippen LogP contribution in [0.4, 0.5) is 16.0 Å². The van der Waals surface area contributed by atoms with E-state index in [0.717, 1.165) is 12.8 Å². The van der Waals surface area contributed by atoms with Crippen molar-refractivity contribution in [2.45, 2.75) is 25.5 Å². The summed E-state index contributed by atoms with van der Waals surface area (Å²) in [5.74, 6) is 0.383. The van der Waals surface area contributed by atoms with Crippen LogP contribution in [-0.2, 0) is 6.61 Å². The second kappa shape index (κ2) is 7.92. The van der Waals surface area contributed by atoms with Gasteiger partial charge in [-0.2, -0.15) is 0 Å². The van der Waals surface area contributed by atoms with Crippen molar-refractivity contribution in [3.05, 3.63) is 76.9 Å². The summed E-state index contributed by atoms with van der Waals surface area (Å²) in [4.78, 5) is 23.2. The molecule has 2 bridgehead atoms. The number of nitrogens with one attached hydrogen (secondary N) is 2. The molecule has 4 N–H and O–H groups in total. The van der Waals surface area contributed by atoms with Crippen LogP contribution in [0.5, 0.6) is 5.75 Å². The van der Waals surface area contributed by atoms with Gasteiger partial charge in [-0.05, 0) is 43.2 Å². The van der Waals surface area contributed by atoms with Crippen molar-refractivity contribution in [3.63, 3.8) is 0 Å². The van der Waals surface area contributed by atoms with Gasteiger partial charge in [-0.1, -0.05) is 6.07 Å². The van der Waals surface area contributed by atoms with Crippen molar-refractivity contribution in [1.82, 2.24) is 14.9 Å². The van der Waals surface area contributed by atoms with Crippen LogP contribution in [0.15, 0.2) is 48.8 Å². The Bertz CT molecular complexity index is 1230. The molecule has 0 unspecified atom stereocenters. The molecule has 0 aliphatic carbocycles. The molecule has 1 aromatic carbocycles. The number of pyridine rings is 2. The van der Waals surface area contributed by atoms with Crippen LogP contribution in [0.3, 0.4) is 0 Å². The fourth-order valence-corrected chi connectivity index (χ4v) is 4.22. The molecule has 2 aliphatic rings. The predicted molar refractivity (Wildman–Crippen MR) is 117 cm³/mol. The molecular weight excluding hydrogens is 411 g/mol. The Kier molecular flexibility index (Phi) is 4.93. The summed E-state index contributed by atoms with van der Waals surface area (Å²) >= 11 is 0. The number of nitrogens with zero attached hydrogens (tertiary/aromatic N) is 3. The number of benzene rings is 1. The van der Waals surface area contributed by atoms with E-state index in [1.54, 1.807) is 24.4 Å². The minimum Gasteiger partial charge on any atom is -0.488 e. The lowest BCUT2D eigenvalue weighted by atomic mass is 10.0. The van der Waals surface area contributed by atoms with Gasteiger partial charge < -0.3 is 20.7 Å². The molecule has 162 valence electrons. The number of amidine groups is 1. The highest BCUT2D eigenvalue weighted by Crippen LogP contribution is 2.39. The summed E-state index contributed by atoms with van der Waals surface area (Å²) in [7, 11) is 0. The van der Waals surface area contributed by atoms with Crippen molar-refractivity contribution in [1.29, 1.82) is 5.41 Å². The number of hydrogen-bond donors (Lipinski definition) is 3. The van der Waals surface area contributed by atoms with Crippen molar-refractivity contribution in [2.75, 3.05) is 17.6 Å². The van der Waals surface area contributed by atoms with Crippen LogP contribution < -0.4 is 15.8 Å². The Hall–Kier alpha value is -4.01. The molecule has 2 aromatic heterocycles. The van der Waals surface area contributed by atoms with Gasteiger partial charge in [0, 0.05) is 30.1 Å². The molecule has 9 heteroatoms. The first-order valence-electron chi connectivity index (χ1n) is 10.3. The van der Waals surface area contributed by atoms with Crippen molar-refractivity contribution in [3.8, 4) is 5.75 Å². The molecule has 5 rings (SSSR count). The molecule has 4 heterocycles. The molecule has 0 spiro atoms. The van der Waals surface area contributed by atoms with Crippen LogP contribution in [0.2, 0.25) is 0 Å². The van der Waals surface area contributed by atoms with E-state index in [1.165, 1.54) is 18.3 Å². The van der Waals surface area contributed by atoms with Gasteiger partial charge in [0.2, 0.25) is 0 Å². The van der Waals surface area contributed by atoms with Gasteiger partial charge in [-0.3, -0.25) is 10.2 Å². The lowest BCUT2D eigenvalue weighted by Gasteiger charge is -2.29. The molecule has 8 nitrogen and oxygen atoms in total. The number of carbonyl (C=O) groups excluding carboxylic acids is 1. The van der Waals surface area contributed by atoms with Gasteiger partial charge >= 0.3 is 0 Å². The lowest BCUT2D eigenvalue weighted by Crippen LogP contribution is -2.32. The van der Waals surface area contributed by atoms with Gasteiger partial charge in [0.15, 0.2) is 0 Å². The third-order valence-electron chi connectivity index (χ3n) is 5.81. The fraction of sp³-hybridized carbons (Fsp3) is 0.217. The largest absolute Gasteiger partial charge is 0.488 e. The van der Waals surface area contributed by atoms with Gasteiger partial charge in [0.25, 0.3) is 5.91 Å². The molecular formula is C23H21FN6O2. The van der Waals surface area contributed by atoms with E-state index in [9.17, 15) is 9.18 Å². The molecule has 32 heavy (non-hydrogen) atoms. The number of amides is 1. The van der Waals surface area contributed by atoms with Crippen LogP contribution in [-0.4, -0.2) is 33.2 Å². The van der Waals surface area contributed by atoms with Crippen molar-refractivity contribution >= 4 is 23.4 Å². The third kappa shape index (κ3) is 3.51. The Morgan fingerprint density at radius 1 is 1.25 bits per heavy atom. The van der Waals surface area contributed by atoms with Crippen molar-refractivity contribution < 1.29 is 13.9 Å². The zero-order valence-corrected chi connectivity index (χ0v) is 17.1. The molecule has 0 radical (unpaired) electrons. The van der Waals surface area contributed by atoms with E-state index in [1.807, 2.05) is 11.0 Å². The Morgan fingerprint density at radius 3 is 3.00 bits per heavy atom. The predicted octanol–water partition coefficient (Wildman–Crippen LogP) is 3.51. The highest BCUT2D eigenvalue weighted by molar-refractivity contribution is 6.07. The number of rotatable bonds is 0. The molecule has 1 saturated heterocycles. The quantitative estimate of drug-likeness (QED) is 0.501. The number of aromatic nitrogens is 2. The number of halogens is 1. The first kappa shape index (κ1) is 19.9. The van der Waals surface area contributed by atoms with E-state index >= 15 is 0 Å². The third-order valence-corrected chi connectivity index (χ3v) is 5.81. The zero-order chi connectivity index (χ0) is 22.2. The van der Waals surface area contributed by atoms with Gasteiger partial charge in [0.1, 0.15) is 35.6 Å². The zero-order valence-electron chi connectivity index (χ0n) is 17.1. The number of nitrogen functional groups attached to an aromatic ring is 1. The number of ether oxygens (including phenoxy) is 1. The lowest BCUT2D eigenvalue weighted by molar-refractivity contribution is 0.102. The minimum absolute atomic E-state index is 0.136. The summed E-state index contributed by atoms with van der Waals surface area (Å²) in [5.41, 5.74) is 8.03. The van der Waals surface area contributed by atoms with Gasteiger partial charge in [0.05, 0.1) is 17.2 Å². The molecule has 0 saturated carbocycles. The molecule has 1 amide bonds. The molecule has 1 fully saturated rings. The van der Waals surface area contributed by atoms with E-state index in [-0.39, 0.29) is 35.7 Å². The van der Waals surface area contributed by atoms with Crippen LogP contribution in [0.25, 0.3) is 0 Å². The summed E-state index contributed by atoms with van der Waals surface area (Å²) in [6.07, 6.45) is 4.50. The van der Waals surface area contributed by atoms with Crippen molar-refractivity contribution in [2.24, 2.45) is 0 Å². The van der Waals surface area contributed by atoms with Crippen LogP contribution >= 0.6 is 0 Å². The maximum absolute atomic E-state index is 14.2. The van der Waals surface area contributed by atoms with Crippen LogP contribution in [0, 0.1) is 11.2 Å². The Balaban J connectivity index is 1.67. The minimum atomic E-state index is -0.413. The second-order valence-electron chi connectivity index (χ2n) is 7.79. The summed E-state index contributed by atoms with van der Waals surface area (Å²) in [6, 6.07) is 9.27. The maximum Gasteiger partial charge on any atom is 0.258 e. The summed E-state index contributed by atoms with van der Waals surface area (Å²) < 4.78 is 20.3. The second-order valence-corrected chi connectivity index (χ2v) is 7.79. The first-order valence-corrected chi connectivity index (χ1v) is 10.3. The average Bonchev–Trinajstić information content (AvgIpc) is 3.28. The molecule has 2 aliphatic heterocycles. The Labute approximate surface area is 183 Å². The fourth-order valence-electron chi connectivity index (χ4n) is 4.22. The van der Waals surface area contributed by atoms with E-state index < -0.39 is 5.91 Å². The smallest absolute Gasteiger partial charge is 0.258 e. The van der Waals surface area contributed by atoms with E-state index in [2.05, 4.69) is 15.3 Å². The number of hydrogen-bond acceptors (Lipinski definition) is 6. The van der Waals surface area contributed by atoms with E-state index in [4.69, 9.17) is 15.9 Å². The molecule has 1 atom stereocenters. The van der Waals surface area contributed by atoms with Gasteiger partial charge in [-0.15, -0.1) is 0 Å².